The quantitative estimate of drug-likeness (QED) is 0.807. The van der Waals surface area contributed by atoms with Crippen LogP contribution in [0.25, 0.3) is 0 Å². The molecule has 1 aromatic heterocycles. The third-order valence-corrected chi connectivity index (χ3v) is 7.25. The first-order chi connectivity index (χ1) is 8.90. The molecule has 0 atom stereocenters. The number of thiophene rings is 1. The first-order valence-corrected chi connectivity index (χ1v) is 9.60. The minimum atomic E-state index is -3.41. The van der Waals surface area contributed by atoms with E-state index in [2.05, 4.69) is 5.32 Å². The van der Waals surface area contributed by atoms with Gasteiger partial charge in [0.2, 0.25) is 0 Å². The lowest BCUT2D eigenvalue weighted by atomic mass is 10.4. The molecule has 2 rings (SSSR count). The fourth-order valence-electron chi connectivity index (χ4n) is 1.63. The average molecular weight is 320 g/mol. The second-order valence-electron chi connectivity index (χ2n) is 4.32. The van der Waals surface area contributed by atoms with Crippen molar-refractivity contribution in [2.45, 2.75) is 34.9 Å². The number of hydrogen-bond donors (Lipinski definition) is 2. The van der Waals surface area contributed by atoms with Gasteiger partial charge in [-0.05, 0) is 19.1 Å². The van der Waals surface area contributed by atoms with Crippen molar-refractivity contribution in [3.8, 4) is 0 Å². The smallest absolute Gasteiger partial charge is 0.263 e. The highest BCUT2D eigenvalue weighted by Gasteiger charge is 2.30. The van der Waals surface area contributed by atoms with Gasteiger partial charge in [0.15, 0.2) is 9.84 Å². The van der Waals surface area contributed by atoms with E-state index in [4.69, 9.17) is 5.73 Å². The number of nitrogens with two attached hydrogens (primary N) is 1. The summed E-state index contributed by atoms with van der Waals surface area (Å²) in [6, 6.07) is 0.220. The monoisotopic (exact) mass is 320 g/mol. The molecular formula is C11H16N2O3S3. The summed E-state index contributed by atoms with van der Waals surface area (Å²) in [5.74, 6) is -0.289. The third kappa shape index (κ3) is 2.90. The second-order valence-corrected chi connectivity index (χ2v) is 8.63. The molecule has 1 aliphatic carbocycles. The Labute approximate surface area is 120 Å². The molecule has 3 N–H and O–H groups in total. The van der Waals surface area contributed by atoms with Gasteiger partial charge in [-0.1, -0.05) is 6.92 Å². The van der Waals surface area contributed by atoms with E-state index in [1.807, 2.05) is 0 Å². The molecule has 1 aliphatic rings. The Hall–Kier alpha value is -0.730. The molecule has 1 aromatic rings. The van der Waals surface area contributed by atoms with E-state index < -0.39 is 9.84 Å². The predicted octanol–water partition coefficient (Wildman–Crippen LogP) is 1.74. The van der Waals surface area contributed by atoms with E-state index in [-0.39, 0.29) is 28.3 Å². The summed E-state index contributed by atoms with van der Waals surface area (Å²) >= 11 is 2.46. The Morgan fingerprint density at radius 3 is 2.63 bits per heavy atom. The van der Waals surface area contributed by atoms with Gasteiger partial charge in [-0.2, -0.15) is 0 Å². The van der Waals surface area contributed by atoms with Crippen molar-refractivity contribution < 1.29 is 13.2 Å². The van der Waals surface area contributed by atoms with Gasteiger partial charge in [0.1, 0.15) is 9.77 Å². The third-order valence-electron chi connectivity index (χ3n) is 2.86. The number of anilines is 1. The topological polar surface area (TPSA) is 89.3 Å². The fourth-order valence-corrected chi connectivity index (χ4v) is 5.44. The van der Waals surface area contributed by atoms with Gasteiger partial charge < -0.3 is 11.1 Å². The van der Waals surface area contributed by atoms with Crippen molar-refractivity contribution in [2.75, 3.05) is 17.7 Å². The fraction of sp³-hybridized carbons (Fsp3) is 0.545. The Balaban J connectivity index is 2.44. The first-order valence-electron chi connectivity index (χ1n) is 5.90. The maximum atomic E-state index is 12.1. The Morgan fingerprint density at radius 2 is 2.16 bits per heavy atom. The molecule has 5 nitrogen and oxygen atoms in total. The van der Waals surface area contributed by atoms with Crippen LogP contribution in [0.3, 0.4) is 0 Å². The van der Waals surface area contributed by atoms with Gasteiger partial charge in [0.25, 0.3) is 5.91 Å². The number of hydrogen-bond acceptors (Lipinski definition) is 6. The van der Waals surface area contributed by atoms with Crippen LogP contribution in [0.4, 0.5) is 5.69 Å². The Kier molecular flexibility index (Phi) is 4.12. The van der Waals surface area contributed by atoms with Crippen LogP contribution < -0.4 is 11.1 Å². The van der Waals surface area contributed by atoms with Crippen LogP contribution in [0, 0.1) is 0 Å². The number of thioether (sulfide) groups is 1. The van der Waals surface area contributed by atoms with E-state index in [9.17, 15) is 13.2 Å². The summed E-state index contributed by atoms with van der Waals surface area (Å²) in [4.78, 5) is 12.5. The lowest BCUT2D eigenvalue weighted by Gasteiger charge is -2.04. The van der Waals surface area contributed by atoms with Gasteiger partial charge in [0, 0.05) is 6.04 Å². The molecule has 106 valence electrons. The van der Waals surface area contributed by atoms with Crippen molar-refractivity contribution in [1.29, 1.82) is 0 Å². The molecule has 0 bridgehead atoms. The Bertz CT molecular complexity index is 603. The number of sulfone groups is 1. The van der Waals surface area contributed by atoms with Gasteiger partial charge >= 0.3 is 0 Å². The highest BCUT2D eigenvalue weighted by Crippen LogP contribution is 2.41. The van der Waals surface area contributed by atoms with Crippen LogP contribution in [-0.2, 0) is 9.84 Å². The maximum Gasteiger partial charge on any atom is 0.263 e. The zero-order valence-electron chi connectivity index (χ0n) is 10.7. The minimum Gasteiger partial charge on any atom is -0.396 e. The molecule has 19 heavy (non-hydrogen) atoms. The van der Waals surface area contributed by atoms with E-state index in [0.29, 0.717) is 9.09 Å². The standard InChI is InChI=1S/C11H16N2O3S3/c1-3-19(15,16)9-7(12)8(18-11(9)17-2)10(14)13-6-4-5-6/h6H,3-5,12H2,1-2H3,(H,13,14). The number of carbonyl (C=O) groups excluding carboxylic acids is 1. The van der Waals surface area contributed by atoms with Crippen molar-refractivity contribution in [3.05, 3.63) is 4.88 Å². The zero-order valence-corrected chi connectivity index (χ0v) is 13.2. The van der Waals surface area contributed by atoms with Crippen LogP contribution >= 0.6 is 23.1 Å². The summed E-state index contributed by atoms with van der Waals surface area (Å²) < 4.78 is 24.7. The molecule has 1 amide bonds. The molecule has 1 saturated carbocycles. The first kappa shape index (κ1) is 14.7. The summed E-state index contributed by atoms with van der Waals surface area (Å²) in [5.41, 5.74) is 5.99. The number of amides is 1. The van der Waals surface area contributed by atoms with Gasteiger partial charge in [0.05, 0.1) is 15.6 Å². The zero-order chi connectivity index (χ0) is 14.2. The van der Waals surface area contributed by atoms with Crippen LogP contribution in [0.1, 0.15) is 29.4 Å². The lowest BCUT2D eigenvalue weighted by molar-refractivity contribution is 0.0956. The van der Waals surface area contributed by atoms with Crippen molar-refractivity contribution >= 4 is 44.5 Å². The summed E-state index contributed by atoms with van der Waals surface area (Å²) in [7, 11) is -3.41. The molecule has 0 unspecified atom stereocenters. The van der Waals surface area contributed by atoms with E-state index in [1.165, 1.54) is 11.8 Å². The molecule has 0 saturated heterocycles. The molecule has 1 heterocycles. The number of rotatable bonds is 5. The average Bonchev–Trinajstić information content (AvgIpc) is 3.10. The molecule has 0 aliphatic heterocycles. The van der Waals surface area contributed by atoms with Crippen molar-refractivity contribution in [2.24, 2.45) is 0 Å². The maximum absolute atomic E-state index is 12.1. The number of nitrogen functional groups attached to an aromatic ring is 1. The van der Waals surface area contributed by atoms with Gasteiger partial charge in [-0.25, -0.2) is 8.42 Å². The SMILES string of the molecule is CCS(=O)(=O)c1c(SC)sc(C(=O)NC2CC2)c1N. The van der Waals surface area contributed by atoms with Crippen molar-refractivity contribution in [1.82, 2.24) is 5.32 Å². The van der Waals surface area contributed by atoms with Crippen molar-refractivity contribution in [3.63, 3.8) is 0 Å². The lowest BCUT2D eigenvalue weighted by Crippen LogP contribution is -2.25. The van der Waals surface area contributed by atoms with E-state index in [0.717, 1.165) is 24.2 Å². The molecular weight excluding hydrogens is 304 g/mol. The van der Waals surface area contributed by atoms with Crippen LogP contribution in [0.5, 0.6) is 0 Å². The normalized spacial score (nSPS) is 15.5. The predicted molar refractivity (Wildman–Crippen MR) is 78.7 cm³/mol. The van der Waals surface area contributed by atoms with Gasteiger partial charge in [-0.15, -0.1) is 23.1 Å². The molecule has 0 spiro atoms. The number of nitrogens with one attached hydrogen (secondary N) is 1. The molecule has 0 radical (unpaired) electrons. The summed E-state index contributed by atoms with van der Waals surface area (Å²) in [6.07, 6.45) is 3.74. The van der Waals surface area contributed by atoms with E-state index >= 15 is 0 Å². The molecule has 8 heteroatoms. The van der Waals surface area contributed by atoms with Gasteiger partial charge in [-0.3, -0.25) is 4.79 Å². The summed E-state index contributed by atoms with van der Waals surface area (Å²) in [6.45, 7) is 1.57. The largest absolute Gasteiger partial charge is 0.396 e. The number of carbonyl (C=O) groups is 1. The molecule has 0 aromatic carbocycles. The minimum absolute atomic E-state index is 0.0226. The summed E-state index contributed by atoms with van der Waals surface area (Å²) in [5, 5.41) is 2.83. The molecule has 1 fully saturated rings. The van der Waals surface area contributed by atoms with E-state index in [1.54, 1.807) is 13.2 Å². The highest BCUT2D eigenvalue weighted by atomic mass is 32.2. The van der Waals surface area contributed by atoms with Crippen LogP contribution in [-0.4, -0.2) is 32.4 Å². The Morgan fingerprint density at radius 1 is 1.53 bits per heavy atom. The van der Waals surface area contributed by atoms with Crippen LogP contribution in [0.15, 0.2) is 9.10 Å². The van der Waals surface area contributed by atoms with Crippen LogP contribution in [0.2, 0.25) is 0 Å². The highest BCUT2D eigenvalue weighted by molar-refractivity contribution is 8.01. The second kappa shape index (κ2) is 5.34.